The molecule has 0 heterocycles. The third kappa shape index (κ3) is 8.37. The van der Waals surface area contributed by atoms with Crippen LogP contribution in [0.15, 0.2) is 48.5 Å². The van der Waals surface area contributed by atoms with Crippen LogP contribution in [0.2, 0.25) is 0 Å². The zero-order valence-electron chi connectivity index (χ0n) is 23.9. The Morgan fingerprint density at radius 2 is 1.74 bits per heavy atom. The largest absolute Gasteiger partial charge is 0.508 e. The van der Waals surface area contributed by atoms with E-state index in [1.54, 1.807) is 69.2 Å². The number of rotatable bonds is 10. The number of aromatic hydroxyl groups is 1. The van der Waals surface area contributed by atoms with Gasteiger partial charge in [-0.3, -0.25) is 9.59 Å². The highest BCUT2D eigenvalue weighted by Gasteiger charge is 2.48. The molecule has 2 aromatic carbocycles. The lowest BCUT2D eigenvalue weighted by Gasteiger charge is -2.35. The Balaban J connectivity index is 2.01. The highest BCUT2D eigenvalue weighted by molar-refractivity contribution is 5.99. The number of hydrogen-bond acceptors (Lipinski definition) is 6. The summed E-state index contributed by atoms with van der Waals surface area (Å²) < 4.78 is 10.6. The number of methoxy groups -OCH3 is 1. The molecule has 3 amide bonds. The molecule has 9 nitrogen and oxygen atoms in total. The van der Waals surface area contributed by atoms with Gasteiger partial charge in [0.05, 0.1) is 7.11 Å². The minimum absolute atomic E-state index is 0.0170. The summed E-state index contributed by atoms with van der Waals surface area (Å²) in [5.41, 5.74) is 0.268. The van der Waals surface area contributed by atoms with Crippen molar-refractivity contribution in [2.45, 2.75) is 78.1 Å². The second-order valence-corrected chi connectivity index (χ2v) is 11.6. The van der Waals surface area contributed by atoms with E-state index < -0.39 is 29.7 Å². The van der Waals surface area contributed by atoms with Crippen LogP contribution in [0.4, 0.5) is 10.5 Å². The molecule has 1 aliphatic rings. The maximum Gasteiger partial charge on any atom is 0.408 e. The normalized spacial score (nSPS) is 18.1. The number of phenols is 1. The summed E-state index contributed by atoms with van der Waals surface area (Å²) in [6.07, 6.45) is 0.391. The minimum Gasteiger partial charge on any atom is -0.508 e. The molecule has 1 aliphatic carbocycles. The lowest BCUT2D eigenvalue weighted by Crippen LogP contribution is -2.53. The first-order valence-electron chi connectivity index (χ1n) is 13.3. The molecular formula is C30H41N3O6. The van der Waals surface area contributed by atoms with Crippen molar-refractivity contribution in [2.75, 3.05) is 12.4 Å². The predicted octanol–water partition coefficient (Wildman–Crippen LogP) is 5.26. The van der Waals surface area contributed by atoms with Crippen LogP contribution in [-0.2, 0) is 14.3 Å². The fourth-order valence-corrected chi connectivity index (χ4v) is 4.51. The van der Waals surface area contributed by atoms with Crippen LogP contribution in [-0.4, -0.2) is 52.7 Å². The first-order chi connectivity index (χ1) is 18.3. The second kappa shape index (κ2) is 12.4. The lowest BCUT2D eigenvalue weighted by molar-refractivity contribution is -0.142. The van der Waals surface area contributed by atoms with Gasteiger partial charge in [-0.05, 0) is 87.4 Å². The van der Waals surface area contributed by atoms with Gasteiger partial charge in [-0.1, -0.05) is 32.9 Å². The van der Waals surface area contributed by atoms with E-state index in [1.165, 1.54) is 12.1 Å². The van der Waals surface area contributed by atoms with E-state index in [0.717, 1.165) is 6.42 Å². The van der Waals surface area contributed by atoms with E-state index >= 15 is 0 Å². The Hall–Kier alpha value is -3.75. The summed E-state index contributed by atoms with van der Waals surface area (Å²) >= 11 is 0. The second-order valence-electron chi connectivity index (χ2n) is 11.6. The summed E-state index contributed by atoms with van der Waals surface area (Å²) in [5.74, 6) is 0.0758. The van der Waals surface area contributed by atoms with Crippen molar-refractivity contribution in [3.63, 3.8) is 0 Å². The highest BCUT2D eigenvalue weighted by Crippen LogP contribution is 2.41. The molecule has 4 unspecified atom stereocenters. The van der Waals surface area contributed by atoms with Crippen molar-refractivity contribution >= 4 is 23.6 Å². The van der Waals surface area contributed by atoms with Gasteiger partial charge < -0.3 is 30.1 Å². The molecule has 1 saturated carbocycles. The quantitative estimate of drug-likeness (QED) is 0.379. The maximum atomic E-state index is 14.2. The van der Waals surface area contributed by atoms with Crippen molar-refractivity contribution in [2.24, 2.45) is 11.8 Å². The first-order valence-corrected chi connectivity index (χ1v) is 13.3. The number of nitrogens with zero attached hydrogens (tertiary/aromatic N) is 1. The van der Waals surface area contributed by atoms with Crippen molar-refractivity contribution in [1.29, 1.82) is 0 Å². The van der Waals surface area contributed by atoms with Crippen LogP contribution >= 0.6 is 0 Å². The standard InChI is InChI=1S/C30H41N3O6/c1-18(2)15-24(32-29(37)39-30(4,5)6)28(36)33(25-16-19(25)3)26(20-9-8-10-22(34)17-20)27(35)31-21-11-13-23(38-7)14-12-21/h8-14,17-19,24-26,34H,15-16H2,1-7H3,(H,31,35)(H,32,37). The van der Waals surface area contributed by atoms with Gasteiger partial charge in [-0.25, -0.2) is 4.79 Å². The average molecular weight is 540 g/mol. The first kappa shape index (κ1) is 29.8. The summed E-state index contributed by atoms with van der Waals surface area (Å²) in [6.45, 7) is 11.2. The molecule has 0 bridgehead atoms. The molecule has 4 atom stereocenters. The fraction of sp³-hybridized carbons (Fsp3) is 0.500. The van der Waals surface area contributed by atoms with Crippen LogP contribution in [0, 0.1) is 11.8 Å². The summed E-state index contributed by atoms with van der Waals surface area (Å²) in [7, 11) is 1.56. The number of amides is 3. The Labute approximate surface area is 230 Å². The molecule has 0 radical (unpaired) electrons. The molecule has 0 aliphatic heterocycles. The molecule has 0 spiro atoms. The topological polar surface area (TPSA) is 117 Å². The van der Waals surface area contributed by atoms with Gasteiger partial charge in [0.15, 0.2) is 0 Å². The monoisotopic (exact) mass is 539 g/mol. The van der Waals surface area contributed by atoms with E-state index in [1.807, 2.05) is 20.8 Å². The predicted molar refractivity (Wildman–Crippen MR) is 149 cm³/mol. The zero-order chi connectivity index (χ0) is 28.9. The van der Waals surface area contributed by atoms with Gasteiger partial charge in [0, 0.05) is 11.7 Å². The number of nitrogens with one attached hydrogen (secondary N) is 2. The molecule has 2 aromatic rings. The molecule has 0 saturated heterocycles. The van der Waals surface area contributed by atoms with E-state index in [4.69, 9.17) is 9.47 Å². The number of anilines is 1. The number of phenolic OH excluding ortho intramolecular Hbond substituents is 1. The van der Waals surface area contributed by atoms with Gasteiger partial charge >= 0.3 is 6.09 Å². The number of carbonyl (C=O) groups is 3. The Morgan fingerprint density at radius 1 is 1.10 bits per heavy atom. The molecule has 1 fully saturated rings. The Kier molecular flexibility index (Phi) is 9.48. The van der Waals surface area contributed by atoms with Crippen LogP contribution in [0.3, 0.4) is 0 Å². The molecule has 9 heteroatoms. The van der Waals surface area contributed by atoms with E-state index in [9.17, 15) is 19.5 Å². The minimum atomic E-state index is -1.04. The van der Waals surface area contributed by atoms with Crippen LogP contribution in [0.1, 0.15) is 66.0 Å². The van der Waals surface area contributed by atoms with Crippen LogP contribution < -0.4 is 15.4 Å². The third-order valence-electron chi connectivity index (χ3n) is 6.44. The lowest BCUT2D eigenvalue weighted by atomic mass is 9.98. The van der Waals surface area contributed by atoms with Gasteiger partial charge in [0.25, 0.3) is 5.91 Å². The summed E-state index contributed by atoms with van der Waals surface area (Å²) in [6, 6.07) is 11.1. The maximum absolute atomic E-state index is 14.2. The highest BCUT2D eigenvalue weighted by atomic mass is 16.6. The number of hydrogen-bond donors (Lipinski definition) is 3. The van der Waals surface area contributed by atoms with Gasteiger partial charge in [0.1, 0.15) is 29.2 Å². The molecule has 3 N–H and O–H groups in total. The smallest absolute Gasteiger partial charge is 0.408 e. The summed E-state index contributed by atoms with van der Waals surface area (Å²) in [5, 5.41) is 15.9. The van der Waals surface area contributed by atoms with Gasteiger partial charge in [0.2, 0.25) is 5.91 Å². The van der Waals surface area contributed by atoms with E-state index in [2.05, 4.69) is 10.6 Å². The van der Waals surface area contributed by atoms with Gasteiger partial charge in [-0.2, -0.15) is 0 Å². The zero-order valence-corrected chi connectivity index (χ0v) is 23.9. The van der Waals surface area contributed by atoms with Crippen LogP contribution in [0.25, 0.3) is 0 Å². The van der Waals surface area contributed by atoms with E-state index in [-0.39, 0.29) is 29.5 Å². The molecule has 3 rings (SSSR count). The van der Waals surface area contributed by atoms with Crippen molar-refractivity contribution in [1.82, 2.24) is 10.2 Å². The fourth-order valence-electron chi connectivity index (χ4n) is 4.51. The Morgan fingerprint density at radius 3 is 2.26 bits per heavy atom. The average Bonchev–Trinajstić information content (AvgIpc) is 3.56. The number of carbonyl (C=O) groups excluding carboxylic acids is 3. The van der Waals surface area contributed by atoms with E-state index in [0.29, 0.717) is 23.4 Å². The number of alkyl carbamates (subject to hydrolysis) is 1. The third-order valence-corrected chi connectivity index (χ3v) is 6.44. The molecule has 0 aromatic heterocycles. The van der Waals surface area contributed by atoms with Crippen molar-refractivity contribution in [3.8, 4) is 11.5 Å². The Bertz CT molecular complexity index is 1160. The molecular weight excluding hydrogens is 498 g/mol. The SMILES string of the molecule is COc1ccc(NC(=O)C(c2cccc(O)c2)N(C(=O)C(CC(C)C)NC(=O)OC(C)(C)C)C2CC2C)cc1. The number of benzene rings is 2. The number of ether oxygens (including phenoxy) is 2. The molecule has 212 valence electrons. The summed E-state index contributed by atoms with van der Waals surface area (Å²) in [4.78, 5) is 42.4. The molecule has 39 heavy (non-hydrogen) atoms. The van der Waals surface area contributed by atoms with Gasteiger partial charge in [-0.15, -0.1) is 0 Å². The van der Waals surface area contributed by atoms with Crippen molar-refractivity contribution in [3.05, 3.63) is 54.1 Å². The van der Waals surface area contributed by atoms with Crippen molar-refractivity contribution < 1.29 is 29.0 Å². The van der Waals surface area contributed by atoms with Crippen LogP contribution in [0.5, 0.6) is 11.5 Å².